The Morgan fingerprint density at radius 2 is 0.644 bits per heavy atom. The summed E-state index contributed by atoms with van der Waals surface area (Å²) in [6.07, 6.45) is 26.9. The van der Waals surface area contributed by atoms with E-state index in [9.17, 15) is 38.4 Å². The molecule has 0 aromatic carbocycles. The van der Waals surface area contributed by atoms with Gasteiger partial charge in [0.15, 0.2) is 13.2 Å². The minimum atomic E-state index is -0.548. The van der Waals surface area contributed by atoms with Crippen LogP contribution in [0.4, 0.5) is 0 Å². The number of hydrogen-bond donors (Lipinski definition) is 0. The Morgan fingerprint density at radius 3 is 0.956 bits per heavy atom. The Labute approximate surface area is 551 Å². The van der Waals surface area contributed by atoms with E-state index in [1.165, 1.54) is 51.4 Å². The van der Waals surface area contributed by atoms with Gasteiger partial charge >= 0.3 is 47.8 Å². The van der Waals surface area contributed by atoms with Gasteiger partial charge in [0, 0.05) is 0 Å². The van der Waals surface area contributed by atoms with Crippen LogP contribution >= 0.6 is 0 Å². The van der Waals surface area contributed by atoms with Crippen molar-refractivity contribution in [3.63, 3.8) is 0 Å². The lowest BCUT2D eigenvalue weighted by Crippen LogP contribution is -2.59. The van der Waals surface area contributed by atoms with E-state index in [-0.39, 0.29) is 142 Å². The Bertz CT molecular complexity index is 2090. The average molecular weight is 1290 g/mol. The highest BCUT2D eigenvalue weighted by Crippen LogP contribution is 2.60. The highest BCUT2D eigenvalue weighted by atomic mass is 16.6. The SMILES string of the molecule is C.C.C.C.C.C.CCC(C)(C)C(=O)OCC(=O)OC1(C)CCCCC1.CCC(C)(C)C(=O)OCCC(=O)OC1(C)CCCCC1.CCC(C)(C)C(=O)OCCC(=O)OC1(CC)C2CC3CC(C2)CC1C3.CCC1(OC(=O)COC(=O)C(C)(C)CC)CCCCC1. The first-order chi connectivity index (χ1) is 39.2. The van der Waals surface area contributed by atoms with Crippen molar-refractivity contribution < 1.29 is 76.3 Å². The number of carbonyl (C=O) groups is 8. The quantitative estimate of drug-likeness (QED) is 0.0650. The summed E-state index contributed by atoms with van der Waals surface area (Å²) in [6, 6.07) is 0. The van der Waals surface area contributed by atoms with Crippen molar-refractivity contribution in [1.82, 2.24) is 0 Å². The predicted octanol–water partition coefficient (Wildman–Crippen LogP) is 18.8. The fraction of sp³-hybridized carbons (Fsp3) is 0.892. The van der Waals surface area contributed by atoms with Gasteiger partial charge in [0.1, 0.15) is 35.6 Å². The Morgan fingerprint density at radius 1 is 0.356 bits per heavy atom. The highest BCUT2D eigenvalue weighted by Gasteiger charge is 2.58. The van der Waals surface area contributed by atoms with Crippen molar-refractivity contribution in [2.45, 2.75) is 358 Å². The summed E-state index contributed by atoms with van der Waals surface area (Å²) < 4.78 is 43.3. The molecule has 16 nitrogen and oxygen atoms in total. The second kappa shape index (κ2) is 41.5. The van der Waals surface area contributed by atoms with Gasteiger partial charge < -0.3 is 37.9 Å². The second-order valence-electron chi connectivity index (χ2n) is 28.5. The van der Waals surface area contributed by atoms with Crippen LogP contribution in [0.25, 0.3) is 0 Å². The number of esters is 8. The van der Waals surface area contributed by atoms with E-state index in [4.69, 9.17) is 37.9 Å². The van der Waals surface area contributed by atoms with Crippen LogP contribution in [0.3, 0.4) is 0 Å². The van der Waals surface area contributed by atoms with Crippen LogP contribution in [0.1, 0.15) is 335 Å². The molecule has 0 heterocycles. The summed E-state index contributed by atoms with van der Waals surface area (Å²) in [5, 5.41) is 0. The Hall–Kier alpha value is -4.24. The lowest BCUT2D eigenvalue weighted by atomic mass is 9.49. The molecule has 7 saturated carbocycles. The van der Waals surface area contributed by atoms with Crippen LogP contribution in [0.15, 0.2) is 0 Å². The van der Waals surface area contributed by atoms with Crippen molar-refractivity contribution in [3.05, 3.63) is 0 Å². The summed E-state index contributed by atoms with van der Waals surface area (Å²) in [5.74, 6) is 0.299. The largest absolute Gasteiger partial charge is 0.465 e. The standard InChI is InChI=1S/C21H34O4.2C16H28O4.C15H26O4.6CH4/c1-5-20(3,4)19(23)24-8-7-18(22)25-21(6-2)16-10-14-9-15(12-16)13-17(21)11-14;1-5-15(2,3)14(18)19-12-9-13(17)20-16(4)10-7-6-8-11-16;1-5-15(3,4)14(18)19-12-13(17)20-16(6-2)10-8-7-9-11-16;1-5-14(2,3)13(17)18-11-12(16)19-15(4)9-7-6-8-10-15;;;;;;/h14-17H,5-13H2,1-4H3;2*5-12H2,1-4H3;5-11H2,1-4H3;6*1H4. The monoisotopic (exact) mass is 1290 g/mol. The molecule has 7 rings (SSSR count). The molecule has 4 bridgehead atoms. The van der Waals surface area contributed by atoms with E-state index >= 15 is 0 Å². The van der Waals surface area contributed by atoms with Gasteiger partial charge in [-0.3, -0.25) is 28.8 Å². The fourth-order valence-electron chi connectivity index (χ4n) is 12.6. The maximum atomic E-state index is 12.5. The molecular weight excluding hydrogens is 1140 g/mol. The third kappa shape index (κ3) is 28.5. The highest BCUT2D eigenvalue weighted by molar-refractivity contribution is 5.81. The number of rotatable bonds is 24. The summed E-state index contributed by atoms with van der Waals surface area (Å²) in [7, 11) is 0. The number of hydrogen-bond acceptors (Lipinski definition) is 16. The minimum Gasteiger partial charge on any atom is -0.465 e. The van der Waals surface area contributed by atoms with Gasteiger partial charge in [-0.25, -0.2) is 9.59 Å². The molecular formula is C74H140O16. The molecule has 0 spiro atoms. The zero-order chi connectivity index (χ0) is 63.2. The zero-order valence-electron chi connectivity index (χ0n) is 55.5. The van der Waals surface area contributed by atoms with E-state index in [0.717, 1.165) is 108 Å². The molecule has 532 valence electrons. The minimum absolute atomic E-state index is 0. The van der Waals surface area contributed by atoms with E-state index in [0.29, 0.717) is 31.1 Å². The molecule has 90 heavy (non-hydrogen) atoms. The van der Waals surface area contributed by atoms with Gasteiger partial charge in [0.05, 0.1) is 34.5 Å². The molecule has 0 aromatic rings. The van der Waals surface area contributed by atoms with Gasteiger partial charge in [-0.1, -0.05) is 105 Å². The fourth-order valence-corrected chi connectivity index (χ4v) is 12.6. The van der Waals surface area contributed by atoms with E-state index in [2.05, 4.69) is 6.92 Å². The molecule has 0 saturated heterocycles. The summed E-state index contributed by atoms with van der Waals surface area (Å²) in [6.45, 7) is 30.3. The van der Waals surface area contributed by atoms with Gasteiger partial charge in [-0.15, -0.1) is 0 Å². The maximum Gasteiger partial charge on any atom is 0.344 e. The molecule has 0 N–H and O–H groups in total. The molecule has 0 unspecified atom stereocenters. The first kappa shape index (κ1) is 92.2. The molecule has 0 amide bonds. The van der Waals surface area contributed by atoms with Crippen molar-refractivity contribution in [1.29, 1.82) is 0 Å². The van der Waals surface area contributed by atoms with E-state index in [1.807, 2.05) is 104 Å². The summed E-state index contributed by atoms with van der Waals surface area (Å²) >= 11 is 0. The van der Waals surface area contributed by atoms with E-state index in [1.54, 1.807) is 0 Å². The van der Waals surface area contributed by atoms with Crippen LogP contribution in [-0.4, -0.2) is 96.6 Å². The van der Waals surface area contributed by atoms with Gasteiger partial charge in [-0.05, 0) is 241 Å². The smallest absolute Gasteiger partial charge is 0.344 e. The summed E-state index contributed by atoms with van der Waals surface area (Å²) in [4.78, 5) is 95.2. The van der Waals surface area contributed by atoms with Crippen molar-refractivity contribution in [2.24, 2.45) is 45.3 Å². The molecule has 7 aliphatic rings. The van der Waals surface area contributed by atoms with Crippen LogP contribution in [0.5, 0.6) is 0 Å². The average Bonchev–Trinajstić information content (AvgIpc) is 0.731. The van der Waals surface area contributed by atoms with Crippen LogP contribution in [0.2, 0.25) is 0 Å². The topological polar surface area (TPSA) is 210 Å². The lowest BCUT2D eigenvalue weighted by Gasteiger charge is -2.60. The Kier molecular flexibility index (Phi) is 42.5. The van der Waals surface area contributed by atoms with Gasteiger partial charge in [-0.2, -0.15) is 0 Å². The molecule has 0 aliphatic heterocycles. The molecule has 7 aliphatic carbocycles. The van der Waals surface area contributed by atoms with Gasteiger partial charge in [0.2, 0.25) is 0 Å². The maximum absolute atomic E-state index is 12.5. The number of carbonyl (C=O) groups excluding carboxylic acids is 8. The molecule has 0 atom stereocenters. The first-order valence-corrected chi connectivity index (χ1v) is 32.8. The first-order valence-electron chi connectivity index (χ1n) is 32.8. The summed E-state index contributed by atoms with van der Waals surface area (Å²) in [5.41, 5.74) is -3.35. The van der Waals surface area contributed by atoms with Crippen LogP contribution in [-0.2, 0) is 76.3 Å². The molecule has 16 heteroatoms. The van der Waals surface area contributed by atoms with Crippen molar-refractivity contribution in [2.75, 3.05) is 26.4 Å². The lowest BCUT2D eigenvalue weighted by molar-refractivity contribution is -0.211. The van der Waals surface area contributed by atoms with Gasteiger partial charge in [0.25, 0.3) is 0 Å². The second-order valence-corrected chi connectivity index (χ2v) is 28.5. The van der Waals surface area contributed by atoms with Crippen LogP contribution < -0.4 is 0 Å². The normalized spacial score (nSPS) is 22.2. The molecule has 0 aromatic heterocycles. The molecule has 0 radical (unpaired) electrons. The molecule has 7 fully saturated rings. The van der Waals surface area contributed by atoms with E-state index < -0.39 is 33.6 Å². The Balaban J connectivity index is -0.000000539. The third-order valence-corrected chi connectivity index (χ3v) is 20.1. The third-order valence-electron chi connectivity index (χ3n) is 20.1. The predicted molar refractivity (Wildman–Crippen MR) is 363 cm³/mol. The van der Waals surface area contributed by atoms with Crippen LogP contribution in [0, 0.1) is 45.3 Å². The number of ether oxygens (including phenoxy) is 8. The van der Waals surface area contributed by atoms with Crippen molar-refractivity contribution >= 4 is 47.8 Å². The van der Waals surface area contributed by atoms with Crippen molar-refractivity contribution in [3.8, 4) is 0 Å². The zero-order valence-corrected chi connectivity index (χ0v) is 55.5.